The molecule has 0 aliphatic rings. The van der Waals surface area contributed by atoms with E-state index < -0.39 is 6.10 Å². The maximum atomic E-state index is 8.85. The highest BCUT2D eigenvalue weighted by Gasteiger charge is 1.88. The van der Waals surface area contributed by atoms with Gasteiger partial charge in [-0.1, -0.05) is 18.8 Å². The van der Waals surface area contributed by atoms with E-state index in [2.05, 4.69) is 23.7 Å². The maximum absolute atomic E-state index is 8.85. The second-order valence-electron chi connectivity index (χ2n) is 1.65. The summed E-state index contributed by atoms with van der Waals surface area (Å²) < 4.78 is 0. The maximum Gasteiger partial charge on any atom is 0.115 e. The van der Waals surface area contributed by atoms with E-state index >= 15 is 0 Å². The molecule has 0 aromatic carbocycles. The largest absolute Gasteiger partial charge is 0.384 e. The Labute approximate surface area is 60.9 Å². The predicted octanol–water partition coefficient (Wildman–Crippen LogP) is -0.244. The van der Waals surface area contributed by atoms with Crippen LogP contribution in [0.1, 0.15) is 13.3 Å². The Hall–Kier alpha value is -0.960. The first-order chi connectivity index (χ1) is 4.81. The van der Waals surface area contributed by atoms with Crippen LogP contribution in [0.3, 0.4) is 0 Å². The molecule has 0 aliphatic carbocycles. The first-order valence-corrected chi connectivity index (χ1v) is 3.08. The average molecular weight is 138 g/mol. The van der Waals surface area contributed by atoms with Gasteiger partial charge in [0.15, 0.2) is 0 Å². The fraction of sp³-hybridized carbons (Fsp3) is 0.500. The minimum Gasteiger partial charge on any atom is -0.384 e. The third-order valence-electron chi connectivity index (χ3n) is 0.855. The van der Waals surface area contributed by atoms with E-state index in [9.17, 15) is 0 Å². The van der Waals surface area contributed by atoms with Crippen molar-refractivity contribution in [2.75, 3.05) is 6.61 Å². The summed E-state index contributed by atoms with van der Waals surface area (Å²) in [7, 11) is 0. The van der Waals surface area contributed by atoms with Crippen molar-refractivity contribution in [1.82, 2.24) is 0 Å². The zero-order valence-electron chi connectivity index (χ0n) is 5.89. The molecule has 1 atom stereocenters. The lowest BCUT2D eigenvalue weighted by atomic mass is 10.3. The van der Waals surface area contributed by atoms with Gasteiger partial charge in [-0.25, -0.2) is 0 Å². The molecule has 2 N–H and O–H groups in total. The van der Waals surface area contributed by atoms with Crippen molar-refractivity contribution in [3.63, 3.8) is 0 Å². The van der Waals surface area contributed by atoms with Crippen LogP contribution in [0.25, 0.3) is 0 Å². The molecule has 0 aromatic heterocycles. The van der Waals surface area contributed by atoms with Crippen molar-refractivity contribution < 1.29 is 10.2 Å². The molecule has 0 aromatic rings. The van der Waals surface area contributed by atoms with Crippen LogP contribution in [0, 0.1) is 23.7 Å². The highest BCUT2D eigenvalue weighted by Crippen LogP contribution is 1.83. The van der Waals surface area contributed by atoms with Gasteiger partial charge in [-0.3, -0.25) is 0 Å². The Morgan fingerprint density at radius 2 is 2.10 bits per heavy atom. The summed E-state index contributed by atoms with van der Waals surface area (Å²) in [6, 6.07) is 0. The van der Waals surface area contributed by atoms with E-state index in [1.165, 1.54) is 0 Å². The normalized spacial score (nSPS) is 10.3. The lowest BCUT2D eigenvalue weighted by Gasteiger charge is -1.91. The lowest BCUT2D eigenvalue weighted by molar-refractivity contribution is 0.228. The Morgan fingerprint density at radius 1 is 1.40 bits per heavy atom. The standard InChI is InChI=1S/C8H10O2/c1-2-8(10)6-4-3-5-7-9/h8-10H,2,7H2,1H3/t8-/m0/s1. The highest BCUT2D eigenvalue weighted by atomic mass is 16.3. The highest BCUT2D eigenvalue weighted by molar-refractivity contribution is 5.27. The van der Waals surface area contributed by atoms with E-state index in [1.807, 2.05) is 6.92 Å². The van der Waals surface area contributed by atoms with Gasteiger partial charge >= 0.3 is 0 Å². The Kier molecular flexibility index (Phi) is 5.57. The number of aliphatic hydroxyl groups is 2. The van der Waals surface area contributed by atoms with Crippen LogP contribution in [0.2, 0.25) is 0 Å². The predicted molar refractivity (Wildman–Crippen MR) is 38.9 cm³/mol. The van der Waals surface area contributed by atoms with E-state index in [0.29, 0.717) is 6.42 Å². The molecule has 2 heteroatoms. The molecule has 0 amide bonds. The minimum atomic E-state index is -0.590. The monoisotopic (exact) mass is 138 g/mol. The average Bonchev–Trinajstić information content (AvgIpc) is 1.98. The van der Waals surface area contributed by atoms with Crippen LogP contribution in [0.15, 0.2) is 0 Å². The summed E-state index contributed by atoms with van der Waals surface area (Å²) in [4.78, 5) is 0. The fourth-order valence-electron chi connectivity index (χ4n) is 0.305. The van der Waals surface area contributed by atoms with Crippen LogP contribution in [0.4, 0.5) is 0 Å². The van der Waals surface area contributed by atoms with Crippen LogP contribution >= 0.6 is 0 Å². The zero-order chi connectivity index (χ0) is 7.82. The molecule has 0 fully saturated rings. The number of rotatable bonds is 1. The van der Waals surface area contributed by atoms with Crippen molar-refractivity contribution in [1.29, 1.82) is 0 Å². The third-order valence-corrected chi connectivity index (χ3v) is 0.855. The van der Waals surface area contributed by atoms with E-state index in [0.717, 1.165) is 0 Å². The van der Waals surface area contributed by atoms with E-state index in [-0.39, 0.29) is 6.61 Å². The topological polar surface area (TPSA) is 40.5 Å². The second-order valence-corrected chi connectivity index (χ2v) is 1.65. The van der Waals surface area contributed by atoms with E-state index in [1.54, 1.807) is 0 Å². The molecule has 0 saturated heterocycles. The number of aliphatic hydroxyl groups excluding tert-OH is 2. The van der Waals surface area contributed by atoms with Crippen LogP contribution in [-0.2, 0) is 0 Å². The first kappa shape index (κ1) is 9.04. The van der Waals surface area contributed by atoms with E-state index in [4.69, 9.17) is 10.2 Å². The molecular formula is C8H10O2. The lowest BCUT2D eigenvalue weighted by Crippen LogP contribution is -1.98. The second kappa shape index (κ2) is 6.16. The zero-order valence-corrected chi connectivity index (χ0v) is 5.89. The van der Waals surface area contributed by atoms with Crippen molar-refractivity contribution in [3.05, 3.63) is 0 Å². The number of hydrogen-bond acceptors (Lipinski definition) is 2. The van der Waals surface area contributed by atoms with Gasteiger partial charge in [-0.05, 0) is 18.3 Å². The van der Waals surface area contributed by atoms with Gasteiger partial charge in [-0.2, -0.15) is 0 Å². The summed E-state index contributed by atoms with van der Waals surface area (Å²) in [6.07, 6.45) is 0.0151. The minimum absolute atomic E-state index is 0.184. The molecule has 0 rings (SSSR count). The van der Waals surface area contributed by atoms with Crippen LogP contribution in [0.5, 0.6) is 0 Å². The van der Waals surface area contributed by atoms with Gasteiger partial charge in [0.2, 0.25) is 0 Å². The molecule has 2 nitrogen and oxygen atoms in total. The summed E-state index contributed by atoms with van der Waals surface area (Å²) >= 11 is 0. The molecule has 0 bridgehead atoms. The first-order valence-electron chi connectivity index (χ1n) is 3.08. The molecule has 0 unspecified atom stereocenters. The van der Waals surface area contributed by atoms with Crippen LogP contribution in [-0.4, -0.2) is 22.9 Å². The SMILES string of the molecule is CC[C@H](O)C#CC#CCO. The van der Waals surface area contributed by atoms with Crippen molar-refractivity contribution in [2.24, 2.45) is 0 Å². The van der Waals surface area contributed by atoms with Crippen molar-refractivity contribution in [2.45, 2.75) is 19.4 Å². The molecule has 0 spiro atoms. The molecule has 54 valence electrons. The van der Waals surface area contributed by atoms with Crippen molar-refractivity contribution >= 4 is 0 Å². The third kappa shape index (κ3) is 5.18. The fourth-order valence-corrected chi connectivity index (χ4v) is 0.305. The molecule has 0 radical (unpaired) electrons. The van der Waals surface area contributed by atoms with Crippen molar-refractivity contribution in [3.8, 4) is 23.7 Å². The van der Waals surface area contributed by atoms with Gasteiger partial charge in [0.25, 0.3) is 0 Å². The van der Waals surface area contributed by atoms with Gasteiger partial charge in [-0.15, -0.1) is 0 Å². The summed E-state index contributed by atoms with van der Waals surface area (Å²) in [5.41, 5.74) is 0. The summed E-state index contributed by atoms with van der Waals surface area (Å²) in [6.45, 7) is 1.65. The quantitative estimate of drug-likeness (QED) is 0.491. The smallest absolute Gasteiger partial charge is 0.115 e. The van der Waals surface area contributed by atoms with Crippen LogP contribution < -0.4 is 0 Å². The van der Waals surface area contributed by atoms with Gasteiger partial charge in [0.05, 0.1) is 0 Å². The number of hydrogen-bond donors (Lipinski definition) is 2. The van der Waals surface area contributed by atoms with Gasteiger partial charge < -0.3 is 10.2 Å². The molecule has 0 saturated carbocycles. The Morgan fingerprint density at radius 3 is 2.60 bits per heavy atom. The molecule has 0 aliphatic heterocycles. The molecule has 10 heavy (non-hydrogen) atoms. The van der Waals surface area contributed by atoms with Gasteiger partial charge in [0.1, 0.15) is 12.7 Å². The Balaban J connectivity index is 3.68. The molecular weight excluding hydrogens is 128 g/mol. The Bertz CT molecular complexity index is 187. The summed E-state index contributed by atoms with van der Waals surface area (Å²) in [5, 5.41) is 17.0. The molecule has 0 heterocycles. The van der Waals surface area contributed by atoms with Gasteiger partial charge in [0, 0.05) is 0 Å². The summed E-state index contributed by atoms with van der Waals surface area (Å²) in [5.74, 6) is 9.63.